The van der Waals surface area contributed by atoms with E-state index >= 15 is 0 Å². The Labute approximate surface area is 198 Å². The van der Waals surface area contributed by atoms with Crippen LogP contribution in [0.25, 0.3) is 0 Å². The minimum Gasteiger partial charge on any atom is -0.316 e. The van der Waals surface area contributed by atoms with Gasteiger partial charge in [-0.1, -0.05) is 31.5 Å². The van der Waals surface area contributed by atoms with Crippen molar-refractivity contribution in [2.45, 2.75) is 87.8 Å². The molecule has 2 heterocycles. The molecule has 4 rings (SSSR count). The zero-order valence-corrected chi connectivity index (χ0v) is 20.1. The number of nitriles is 2. The Hall–Kier alpha value is -2.35. The van der Waals surface area contributed by atoms with Gasteiger partial charge in [0.05, 0.1) is 16.4 Å². The number of aromatic nitrogens is 1. The number of aryl methyl sites for hydroxylation is 3. The zero-order valence-electron chi connectivity index (χ0n) is 18.5. The van der Waals surface area contributed by atoms with Crippen LogP contribution in [-0.4, -0.2) is 16.1 Å². The molecule has 0 radical (unpaired) electrons. The summed E-state index contributed by atoms with van der Waals surface area (Å²) in [5, 5.41) is 23.4. The fourth-order valence-corrected chi connectivity index (χ4v) is 6.80. The molecule has 0 aromatic carbocycles. The Balaban J connectivity index is 1.55. The van der Waals surface area contributed by atoms with Crippen molar-refractivity contribution in [1.29, 1.82) is 10.5 Å². The molecule has 1 amide bonds. The average Bonchev–Trinajstić information content (AvgIpc) is 3.14. The van der Waals surface area contributed by atoms with Crippen LogP contribution < -0.4 is 5.32 Å². The smallest absolute Gasteiger partial charge is 0.238 e. The minimum absolute atomic E-state index is 0.120. The largest absolute Gasteiger partial charge is 0.316 e. The summed E-state index contributed by atoms with van der Waals surface area (Å²) in [7, 11) is 0. The first kappa shape index (κ1) is 22.8. The number of nitrogens with zero attached hydrogens (tertiary/aromatic N) is 3. The van der Waals surface area contributed by atoms with Gasteiger partial charge in [0.15, 0.2) is 0 Å². The molecule has 0 saturated heterocycles. The maximum Gasteiger partial charge on any atom is 0.238 e. The summed E-state index contributed by atoms with van der Waals surface area (Å²) < 4.78 is 0. The summed E-state index contributed by atoms with van der Waals surface area (Å²) in [6, 6.07) is 6.60. The highest BCUT2D eigenvalue weighted by Crippen LogP contribution is 2.38. The first-order chi connectivity index (χ1) is 15.6. The maximum absolute atomic E-state index is 13.2. The van der Waals surface area contributed by atoms with Gasteiger partial charge in [0.2, 0.25) is 5.91 Å². The molecule has 2 aliphatic carbocycles. The van der Waals surface area contributed by atoms with Gasteiger partial charge in [0, 0.05) is 10.6 Å². The highest BCUT2D eigenvalue weighted by molar-refractivity contribution is 8.00. The second-order valence-corrected chi connectivity index (χ2v) is 10.8. The van der Waals surface area contributed by atoms with Gasteiger partial charge in [-0.2, -0.15) is 10.5 Å². The van der Waals surface area contributed by atoms with E-state index in [0.29, 0.717) is 27.6 Å². The van der Waals surface area contributed by atoms with Crippen LogP contribution in [0, 0.1) is 22.7 Å². The summed E-state index contributed by atoms with van der Waals surface area (Å²) in [5.41, 5.74) is 4.58. The third-order valence-corrected chi connectivity index (χ3v) is 8.90. The van der Waals surface area contributed by atoms with Crippen LogP contribution in [0.1, 0.15) is 84.7 Å². The SMILES string of the molecule is CCC(Sc1nc2c(cc1C#N)CCCCCC2)C(=O)Nc1sc2c(c1C#N)CCCC2. The second-order valence-electron chi connectivity index (χ2n) is 8.50. The van der Waals surface area contributed by atoms with E-state index in [9.17, 15) is 15.3 Å². The summed E-state index contributed by atoms with van der Waals surface area (Å²) in [6.07, 6.45) is 11.4. The normalized spacial score (nSPS) is 16.5. The van der Waals surface area contributed by atoms with Crippen LogP contribution in [0.5, 0.6) is 0 Å². The molecule has 0 fully saturated rings. The van der Waals surface area contributed by atoms with Crippen LogP contribution in [0.15, 0.2) is 11.1 Å². The van der Waals surface area contributed by atoms with Crippen LogP contribution in [0.4, 0.5) is 5.00 Å². The molecule has 1 N–H and O–H groups in total. The summed E-state index contributed by atoms with van der Waals surface area (Å²) in [6.45, 7) is 1.97. The number of fused-ring (bicyclic) bond motifs is 2. The van der Waals surface area contributed by atoms with Crippen molar-refractivity contribution in [3.63, 3.8) is 0 Å². The quantitative estimate of drug-likeness (QED) is 0.554. The van der Waals surface area contributed by atoms with Crippen molar-refractivity contribution in [2.24, 2.45) is 0 Å². The highest BCUT2D eigenvalue weighted by atomic mass is 32.2. The molecule has 32 heavy (non-hydrogen) atoms. The summed E-state index contributed by atoms with van der Waals surface area (Å²) in [5.74, 6) is -0.120. The zero-order chi connectivity index (χ0) is 22.5. The molecule has 0 spiro atoms. The molecule has 1 unspecified atom stereocenters. The lowest BCUT2D eigenvalue weighted by Crippen LogP contribution is -2.25. The Morgan fingerprint density at radius 1 is 1.12 bits per heavy atom. The van der Waals surface area contributed by atoms with Crippen molar-refractivity contribution < 1.29 is 4.79 Å². The third-order valence-electron chi connectivity index (χ3n) is 6.32. The van der Waals surface area contributed by atoms with Gasteiger partial charge < -0.3 is 5.32 Å². The Morgan fingerprint density at radius 2 is 1.88 bits per heavy atom. The summed E-state index contributed by atoms with van der Waals surface area (Å²) >= 11 is 2.92. The Kier molecular flexibility index (Phi) is 7.50. The number of pyridine rings is 1. The van der Waals surface area contributed by atoms with Gasteiger partial charge in [-0.3, -0.25) is 4.79 Å². The second kappa shape index (κ2) is 10.5. The molecule has 0 saturated carbocycles. The van der Waals surface area contributed by atoms with Gasteiger partial charge in [0.1, 0.15) is 22.2 Å². The molecule has 2 aliphatic rings. The Morgan fingerprint density at radius 3 is 2.62 bits per heavy atom. The molecule has 0 aliphatic heterocycles. The van der Waals surface area contributed by atoms with Crippen LogP contribution in [-0.2, 0) is 30.5 Å². The van der Waals surface area contributed by atoms with Crippen molar-refractivity contribution in [3.8, 4) is 12.1 Å². The van der Waals surface area contributed by atoms with Crippen LogP contribution >= 0.6 is 23.1 Å². The fraction of sp³-hybridized carbons (Fsp3) is 0.520. The third kappa shape index (κ3) is 4.85. The fourth-order valence-electron chi connectivity index (χ4n) is 4.56. The summed E-state index contributed by atoms with van der Waals surface area (Å²) in [4.78, 5) is 19.3. The topological polar surface area (TPSA) is 89.6 Å². The number of thiophene rings is 1. The van der Waals surface area contributed by atoms with Crippen molar-refractivity contribution in [1.82, 2.24) is 4.98 Å². The molecule has 7 heteroatoms. The van der Waals surface area contributed by atoms with E-state index in [-0.39, 0.29) is 11.2 Å². The van der Waals surface area contributed by atoms with Gasteiger partial charge in [-0.25, -0.2) is 4.98 Å². The number of thioether (sulfide) groups is 1. The number of rotatable bonds is 5. The lowest BCUT2D eigenvalue weighted by Gasteiger charge is -2.18. The van der Waals surface area contributed by atoms with Gasteiger partial charge in [0.25, 0.3) is 0 Å². The minimum atomic E-state index is -0.369. The molecular weight excluding hydrogens is 436 g/mol. The number of anilines is 1. The standard InChI is InChI=1S/C25H28N4OS2/c1-2-21(23(30)29-25-19(15-27)18-10-7-8-12-22(18)32-25)31-24-17(14-26)13-16-9-5-3-4-6-11-20(16)28-24/h13,21H,2-12H2,1H3,(H,29,30). The molecule has 1 atom stereocenters. The van der Waals surface area contributed by atoms with E-state index in [0.717, 1.165) is 62.6 Å². The van der Waals surface area contributed by atoms with Crippen molar-refractivity contribution in [3.05, 3.63) is 38.9 Å². The predicted octanol–water partition coefficient (Wildman–Crippen LogP) is 5.93. The van der Waals surface area contributed by atoms with E-state index in [1.165, 1.54) is 35.0 Å². The van der Waals surface area contributed by atoms with Gasteiger partial charge in [-0.05, 0) is 75.0 Å². The van der Waals surface area contributed by atoms with Crippen molar-refractivity contribution >= 4 is 34.0 Å². The van der Waals surface area contributed by atoms with E-state index < -0.39 is 0 Å². The average molecular weight is 465 g/mol. The first-order valence-corrected chi connectivity index (χ1v) is 13.3. The lowest BCUT2D eigenvalue weighted by atomic mass is 9.96. The van der Waals surface area contributed by atoms with E-state index in [1.807, 2.05) is 13.0 Å². The number of carbonyl (C=O) groups is 1. The molecule has 2 aromatic rings. The maximum atomic E-state index is 13.2. The van der Waals surface area contributed by atoms with Gasteiger partial charge >= 0.3 is 0 Å². The monoisotopic (exact) mass is 464 g/mol. The van der Waals surface area contributed by atoms with Gasteiger partial charge in [-0.15, -0.1) is 11.3 Å². The molecule has 0 bridgehead atoms. The number of carbonyl (C=O) groups excluding carboxylic acids is 1. The molecule has 2 aromatic heterocycles. The predicted molar refractivity (Wildman–Crippen MR) is 129 cm³/mol. The molecular formula is C25H28N4OS2. The highest BCUT2D eigenvalue weighted by Gasteiger charge is 2.26. The number of nitrogens with one attached hydrogen (secondary N) is 1. The Bertz CT molecular complexity index is 1090. The number of amides is 1. The van der Waals surface area contributed by atoms with Crippen LogP contribution in [0.2, 0.25) is 0 Å². The van der Waals surface area contributed by atoms with Crippen LogP contribution in [0.3, 0.4) is 0 Å². The number of hydrogen-bond acceptors (Lipinski definition) is 6. The van der Waals surface area contributed by atoms with E-state index in [4.69, 9.17) is 4.98 Å². The lowest BCUT2D eigenvalue weighted by molar-refractivity contribution is -0.115. The van der Waals surface area contributed by atoms with E-state index in [1.54, 1.807) is 11.3 Å². The number of hydrogen-bond donors (Lipinski definition) is 1. The van der Waals surface area contributed by atoms with E-state index in [2.05, 4.69) is 17.5 Å². The van der Waals surface area contributed by atoms with Crippen molar-refractivity contribution in [2.75, 3.05) is 5.32 Å². The first-order valence-electron chi connectivity index (χ1n) is 11.6. The molecule has 166 valence electrons. The molecule has 5 nitrogen and oxygen atoms in total.